The van der Waals surface area contributed by atoms with Gasteiger partial charge < -0.3 is 5.11 Å². The van der Waals surface area contributed by atoms with Crippen molar-refractivity contribution in [2.45, 2.75) is 0 Å². The molecule has 0 aliphatic carbocycles. The third kappa shape index (κ3) is 2.62. The lowest BCUT2D eigenvalue weighted by Gasteiger charge is -2.09. The Morgan fingerprint density at radius 2 is 1.89 bits per heavy atom. The zero-order valence-electron chi connectivity index (χ0n) is 9.25. The summed E-state index contributed by atoms with van der Waals surface area (Å²) >= 11 is 8.85. The van der Waals surface area contributed by atoms with Crippen LogP contribution in [0.3, 0.4) is 0 Å². The molecule has 0 unspecified atom stereocenters. The van der Waals surface area contributed by atoms with Gasteiger partial charge in [0.2, 0.25) is 0 Å². The minimum Gasteiger partial charge on any atom is -0.478 e. The van der Waals surface area contributed by atoms with Gasteiger partial charge in [-0.2, -0.15) is 0 Å². The second-order valence-electron chi connectivity index (χ2n) is 3.72. The molecule has 2 aromatic rings. The Balaban J connectivity index is 2.66. The van der Waals surface area contributed by atoms with Gasteiger partial charge in [-0.25, -0.2) is 13.6 Å². The Hall–Kier alpha value is -1.46. The van der Waals surface area contributed by atoms with Gasteiger partial charge in [-0.05, 0) is 40.2 Å². The maximum Gasteiger partial charge on any atom is 0.335 e. The summed E-state index contributed by atoms with van der Waals surface area (Å²) in [6.07, 6.45) is 0. The van der Waals surface area contributed by atoms with Gasteiger partial charge in [0.25, 0.3) is 0 Å². The van der Waals surface area contributed by atoms with Crippen molar-refractivity contribution >= 4 is 33.5 Å². The van der Waals surface area contributed by atoms with Crippen LogP contribution in [-0.4, -0.2) is 11.1 Å². The van der Waals surface area contributed by atoms with Gasteiger partial charge >= 0.3 is 5.97 Å². The lowest BCUT2D eigenvalue weighted by Crippen LogP contribution is -1.97. The Morgan fingerprint density at radius 3 is 2.47 bits per heavy atom. The maximum atomic E-state index is 13.9. The third-order valence-electron chi connectivity index (χ3n) is 2.53. The molecule has 19 heavy (non-hydrogen) atoms. The molecule has 2 nitrogen and oxygen atoms in total. The highest BCUT2D eigenvalue weighted by Crippen LogP contribution is 2.35. The van der Waals surface area contributed by atoms with Crippen molar-refractivity contribution in [2.24, 2.45) is 0 Å². The summed E-state index contributed by atoms with van der Waals surface area (Å²) in [6, 6.07) is 6.01. The summed E-state index contributed by atoms with van der Waals surface area (Å²) in [4.78, 5) is 10.8. The fraction of sp³-hybridized carbons (Fsp3) is 0. The van der Waals surface area contributed by atoms with Gasteiger partial charge in [0.15, 0.2) is 0 Å². The van der Waals surface area contributed by atoms with E-state index < -0.39 is 17.6 Å². The molecule has 0 aliphatic rings. The molecule has 0 saturated heterocycles. The fourth-order valence-electron chi connectivity index (χ4n) is 1.62. The molecule has 98 valence electrons. The van der Waals surface area contributed by atoms with Gasteiger partial charge in [-0.3, -0.25) is 0 Å². The molecule has 0 aromatic heterocycles. The first-order valence-electron chi connectivity index (χ1n) is 5.08. The molecule has 0 atom stereocenters. The highest BCUT2D eigenvalue weighted by molar-refractivity contribution is 9.10. The third-order valence-corrected chi connectivity index (χ3v) is 3.45. The van der Waals surface area contributed by atoms with Crippen LogP contribution in [0.4, 0.5) is 8.78 Å². The van der Waals surface area contributed by atoms with E-state index in [4.69, 9.17) is 16.7 Å². The minimum absolute atomic E-state index is 0.0317. The smallest absolute Gasteiger partial charge is 0.335 e. The summed E-state index contributed by atoms with van der Waals surface area (Å²) < 4.78 is 27.7. The molecular formula is C13H6BrClF2O2. The van der Waals surface area contributed by atoms with E-state index in [1.54, 1.807) is 0 Å². The van der Waals surface area contributed by atoms with Gasteiger partial charge in [0.1, 0.15) is 11.6 Å². The SMILES string of the molecule is O=C(O)c1ccc(-c2c(F)ccc(Br)c2F)c(Cl)c1. The van der Waals surface area contributed by atoms with Gasteiger partial charge in [-0.15, -0.1) is 0 Å². The molecule has 0 aliphatic heterocycles. The number of hydrogen-bond donors (Lipinski definition) is 1. The number of halogens is 4. The quantitative estimate of drug-likeness (QED) is 0.796. The normalized spacial score (nSPS) is 10.5. The average molecular weight is 348 g/mol. The Bertz CT molecular complexity index is 674. The lowest BCUT2D eigenvalue weighted by molar-refractivity contribution is 0.0697. The summed E-state index contributed by atoms with van der Waals surface area (Å²) in [5, 5.41) is 8.78. The lowest BCUT2D eigenvalue weighted by atomic mass is 10.0. The van der Waals surface area contributed by atoms with Crippen LogP contribution in [0.5, 0.6) is 0 Å². The molecular weight excluding hydrogens is 341 g/mol. The molecule has 0 heterocycles. The Kier molecular flexibility index (Phi) is 3.87. The van der Waals surface area contributed by atoms with Crippen molar-refractivity contribution in [1.29, 1.82) is 0 Å². The molecule has 2 aromatic carbocycles. The van der Waals surface area contributed by atoms with Crippen LogP contribution >= 0.6 is 27.5 Å². The van der Waals surface area contributed by atoms with Crippen molar-refractivity contribution in [3.63, 3.8) is 0 Å². The fourth-order valence-corrected chi connectivity index (χ4v) is 2.23. The number of hydrogen-bond acceptors (Lipinski definition) is 1. The van der Waals surface area contributed by atoms with Crippen molar-refractivity contribution in [3.05, 3.63) is 57.0 Å². The monoisotopic (exact) mass is 346 g/mol. The van der Waals surface area contributed by atoms with Crippen molar-refractivity contribution in [2.75, 3.05) is 0 Å². The maximum absolute atomic E-state index is 13.9. The highest BCUT2D eigenvalue weighted by atomic mass is 79.9. The number of rotatable bonds is 2. The predicted molar refractivity (Wildman–Crippen MR) is 71.5 cm³/mol. The van der Waals surface area contributed by atoms with Crippen LogP contribution < -0.4 is 0 Å². The minimum atomic E-state index is -1.16. The van der Waals surface area contributed by atoms with E-state index in [1.165, 1.54) is 18.2 Å². The molecule has 0 fully saturated rings. The molecule has 6 heteroatoms. The average Bonchev–Trinajstić information content (AvgIpc) is 2.36. The first-order valence-corrected chi connectivity index (χ1v) is 6.25. The van der Waals surface area contributed by atoms with Gasteiger partial charge in [0.05, 0.1) is 15.6 Å². The first kappa shape index (κ1) is 14.0. The Morgan fingerprint density at radius 1 is 1.21 bits per heavy atom. The van der Waals surface area contributed by atoms with Crippen LogP contribution in [-0.2, 0) is 0 Å². The van der Waals surface area contributed by atoms with E-state index in [9.17, 15) is 13.6 Å². The molecule has 1 N–H and O–H groups in total. The summed E-state index contributed by atoms with van der Waals surface area (Å²) in [5.74, 6) is -2.72. The molecule has 0 saturated carbocycles. The van der Waals surface area contributed by atoms with Crippen LogP contribution in [0.25, 0.3) is 11.1 Å². The van der Waals surface area contributed by atoms with E-state index in [2.05, 4.69) is 15.9 Å². The zero-order valence-corrected chi connectivity index (χ0v) is 11.6. The van der Waals surface area contributed by atoms with Gasteiger partial charge in [-0.1, -0.05) is 17.7 Å². The van der Waals surface area contributed by atoms with Crippen LogP contribution in [0.2, 0.25) is 5.02 Å². The summed E-state index contributed by atoms with van der Waals surface area (Å²) in [7, 11) is 0. The standard InChI is InChI=1S/C13H6BrClF2O2/c14-8-3-4-10(16)11(12(8)17)7-2-1-6(13(18)19)5-9(7)15/h1-5H,(H,18,19). The second-order valence-corrected chi connectivity index (χ2v) is 4.98. The van der Waals surface area contributed by atoms with Crippen LogP contribution in [0, 0.1) is 11.6 Å². The second kappa shape index (κ2) is 5.27. The molecule has 0 spiro atoms. The summed E-state index contributed by atoms with van der Waals surface area (Å²) in [5.41, 5.74) is -0.246. The first-order chi connectivity index (χ1) is 8.91. The summed E-state index contributed by atoms with van der Waals surface area (Å²) in [6.45, 7) is 0. The number of benzene rings is 2. The molecule has 0 radical (unpaired) electrons. The number of aromatic carboxylic acids is 1. The largest absolute Gasteiger partial charge is 0.478 e. The van der Waals surface area contributed by atoms with Gasteiger partial charge in [0, 0.05) is 10.6 Å². The number of carbonyl (C=O) groups is 1. The predicted octanol–water partition coefficient (Wildman–Crippen LogP) is 4.75. The Labute approximate surface area is 120 Å². The number of carboxylic acids is 1. The number of carboxylic acid groups (broad SMARTS) is 1. The zero-order chi connectivity index (χ0) is 14.2. The van der Waals surface area contributed by atoms with Crippen molar-refractivity contribution in [1.82, 2.24) is 0 Å². The highest BCUT2D eigenvalue weighted by Gasteiger charge is 2.18. The van der Waals surface area contributed by atoms with Crippen LogP contribution in [0.15, 0.2) is 34.8 Å². The molecule has 0 amide bonds. The topological polar surface area (TPSA) is 37.3 Å². The molecule has 0 bridgehead atoms. The van der Waals surface area contributed by atoms with Crippen molar-refractivity contribution < 1.29 is 18.7 Å². The van der Waals surface area contributed by atoms with Crippen LogP contribution in [0.1, 0.15) is 10.4 Å². The van der Waals surface area contributed by atoms with E-state index >= 15 is 0 Å². The van der Waals surface area contributed by atoms with Crippen molar-refractivity contribution in [3.8, 4) is 11.1 Å². The molecule has 2 rings (SSSR count). The van der Waals surface area contributed by atoms with E-state index in [-0.39, 0.29) is 26.2 Å². The van der Waals surface area contributed by atoms with E-state index in [0.717, 1.165) is 12.1 Å². The van der Waals surface area contributed by atoms with E-state index in [0.29, 0.717) is 0 Å². The van der Waals surface area contributed by atoms with E-state index in [1.807, 2.05) is 0 Å².